The molecule has 0 aliphatic heterocycles. The van der Waals surface area contributed by atoms with Gasteiger partial charge in [-0.25, -0.2) is 0 Å². The molecule has 1 N–H and O–H groups in total. The topological polar surface area (TPSA) is 67.9 Å². The van der Waals surface area contributed by atoms with Crippen LogP contribution < -0.4 is 14.8 Å². The van der Waals surface area contributed by atoms with Crippen LogP contribution in [0, 0.1) is 0 Å². The predicted octanol–water partition coefficient (Wildman–Crippen LogP) is 6.10. The molecule has 0 spiro atoms. The van der Waals surface area contributed by atoms with E-state index in [1.54, 1.807) is 19.1 Å². The first-order valence-corrected chi connectivity index (χ1v) is 14.3. The normalized spacial score (nSPS) is 14.0. The number of carbonyl (C=O) groups excluding carboxylic acids is 2. The van der Waals surface area contributed by atoms with E-state index in [1.807, 2.05) is 72.8 Å². The fourth-order valence-corrected chi connectivity index (χ4v) is 5.63. The molecule has 1 aliphatic rings. The molecule has 39 heavy (non-hydrogen) atoms. The lowest BCUT2D eigenvalue weighted by Gasteiger charge is -2.32. The van der Waals surface area contributed by atoms with Gasteiger partial charge in [0.25, 0.3) is 0 Å². The van der Waals surface area contributed by atoms with E-state index in [0.29, 0.717) is 30.9 Å². The minimum Gasteiger partial charge on any atom is -0.493 e. The zero-order chi connectivity index (χ0) is 27.6. The number of hydrogen-bond acceptors (Lipinski definition) is 4. The summed E-state index contributed by atoms with van der Waals surface area (Å²) in [5, 5.41) is 3.26. The molecule has 4 rings (SSSR count). The van der Waals surface area contributed by atoms with Crippen molar-refractivity contribution in [3.8, 4) is 11.5 Å². The Morgan fingerprint density at radius 3 is 2.31 bits per heavy atom. The number of nitrogens with one attached hydrogen (secondary N) is 1. The number of aryl methyl sites for hydroxylation is 1. The maximum absolute atomic E-state index is 13.9. The van der Waals surface area contributed by atoms with E-state index < -0.39 is 6.04 Å². The van der Waals surface area contributed by atoms with Gasteiger partial charge < -0.3 is 19.7 Å². The van der Waals surface area contributed by atoms with Crippen molar-refractivity contribution in [1.29, 1.82) is 0 Å². The molecule has 0 heterocycles. The second-order valence-electron chi connectivity index (χ2n) is 10.0. The highest BCUT2D eigenvalue weighted by molar-refractivity contribution is 9.10. The van der Waals surface area contributed by atoms with Crippen LogP contribution in [0.3, 0.4) is 0 Å². The van der Waals surface area contributed by atoms with Gasteiger partial charge in [0.15, 0.2) is 11.5 Å². The maximum atomic E-state index is 13.9. The van der Waals surface area contributed by atoms with Crippen molar-refractivity contribution < 1.29 is 19.1 Å². The van der Waals surface area contributed by atoms with Crippen LogP contribution in [0.5, 0.6) is 11.5 Å². The molecule has 0 bridgehead atoms. The highest BCUT2D eigenvalue weighted by atomic mass is 79.9. The number of carbonyl (C=O) groups is 2. The van der Waals surface area contributed by atoms with Gasteiger partial charge in [0.1, 0.15) is 6.04 Å². The maximum Gasteiger partial charge on any atom is 0.243 e. The van der Waals surface area contributed by atoms with Crippen molar-refractivity contribution in [3.63, 3.8) is 0 Å². The van der Waals surface area contributed by atoms with Crippen LogP contribution in [0.1, 0.15) is 48.8 Å². The average molecular weight is 594 g/mol. The van der Waals surface area contributed by atoms with Crippen molar-refractivity contribution in [2.45, 2.75) is 63.6 Å². The number of rotatable bonds is 12. The molecule has 1 atom stereocenters. The second kappa shape index (κ2) is 14.2. The Bertz CT molecular complexity index is 1240. The monoisotopic (exact) mass is 592 g/mol. The molecule has 0 radical (unpaired) electrons. The van der Waals surface area contributed by atoms with Gasteiger partial charge in [0.2, 0.25) is 11.8 Å². The molecule has 1 fully saturated rings. The van der Waals surface area contributed by atoms with Gasteiger partial charge in [0, 0.05) is 29.9 Å². The first kappa shape index (κ1) is 28.7. The Morgan fingerprint density at radius 2 is 1.62 bits per heavy atom. The molecule has 1 saturated carbocycles. The highest BCUT2D eigenvalue weighted by Crippen LogP contribution is 2.28. The molecule has 6 nitrogen and oxygen atoms in total. The third-order valence-corrected chi connectivity index (χ3v) is 7.78. The largest absolute Gasteiger partial charge is 0.493 e. The van der Waals surface area contributed by atoms with Crippen molar-refractivity contribution in [1.82, 2.24) is 10.2 Å². The predicted molar refractivity (Wildman–Crippen MR) is 157 cm³/mol. The number of nitrogens with zero attached hydrogens (tertiary/aromatic N) is 1. The molecule has 1 unspecified atom stereocenters. The second-order valence-corrected chi connectivity index (χ2v) is 11.0. The van der Waals surface area contributed by atoms with Gasteiger partial charge in [-0.05, 0) is 60.2 Å². The molecule has 1 aliphatic carbocycles. The van der Waals surface area contributed by atoms with E-state index in [4.69, 9.17) is 9.47 Å². The Kier molecular flexibility index (Phi) is 10.4. The lowest BCUT2D eigenvalue weighted by molar-refractivity contribution is -0.141. The zero-order valence-corrected chi connectivity index (χ0v) is 24.3. The fraction of sp³-hybridized carbons (Fsp3) is 0.375. The molecule has 3 aromatic carbocycles. The molecule has 0 aromatic heterocycles. The standard InChI is InChI=1S/C32H37BrN2O4/c1-38-29-17-15-24(21-30(29)39-2)16-18-31(36)35(22-25-11-8-12-26(33)19-25)28(20-23-9-4-3-5-10-23)32(37)34-27-13-6-7-14-27/h3-5,8-12,15,17,19,21,27-28H,6-7,13-14,16,18,20,22H2,1-2H3,(H,34,37). The van der Waals surface area contributed by atoms with Gasteiger partial charge >= 0.3 is 0 Å². The SMILES string of the molecule is COc1ccc(CCC(=O)N(Cc2cccc(Br)c2)C(Cc2ccccc2)C(=O)NC2CCCC2)cc1OC. The summed E-state index contributed by atoms with van der Waals surface area (Å²) in [5.74, 6) is 1.13. The summed E-state index contributed by atoms with van der Waals surface area (Å²) in [5.41, 5.74) is 2.96. The minimum atomic E-state index is -0.620. The number of hydrogen-bond donors (Lipinski definition) is 1. The molecule has 2 amide bonds. The average Bonchev–Trinajstić information content (AvgIpc) is 3.47. The summed E-state index contributed by atoms with van der Waals surface area (Å²) in [7, 11) is 3.20. The molecule has 3 aromatic rings. The van der Waals surface area contributed by atoms with Crippen LogP contribution in [0.15, 0.2) is 77.3 Å². The lowest BCUT2D eigenvalue weighted by atomic mass is 10.0. The quantitative estimate of drug-likeness (QED) is 0.276. The first-order valence-electron chi connectivity index (χ1n) is 13.6. The third kappa shape index (κ3) is 8.09. The fourth-order valence-electron chi connectivity index (χ4n) is 5.18. The number of ether oxygens (including phenoxy) is 2. The van der Waals surface area contributed by atoms with Crippen molar-refractivity contribution in [3.05, 3.63) is 94.0 Å². The van der Waals surface area contributed by atoms with Crippen LogP contribution in [0.25, 0.3) is 0 Å². The lowest BCUT2D eigenvalue weighted by Crippen LogP contribution is -2.52. The van der Waals surface area contributed by atoms with Gasteiger partial charge in [-0.3, -0.25) is 9.59 Å². The number of amides is 2. The summed E-state index contributed by atoms with van der Waals surface area (Å²) in [4.78, 5) is 29.5. The smallest absolute Gasteiger partial charge is 0.243 e. The van der Waals surface area contributed by atoms with E-state index >= 15 is 0 Å². The molecular formula is C32H37BrN2O4. The van der Waals surface area contributed by atoms with Crippen LogP contribution in [-0.4, -0.2) is 43.0 Å². The van der Waals surface area contributed by atoms with Crippen LogP contribution in [-0.2, 0) is 29.0 Å². The van der Waals surface area contributed by atoms with Crippen LogP contribution >= 0.6 is 15.9 Å². The van der Waals surface area contributed by atoms with E-state index in [1.165, 1.54) is 0 Å². The Labute approximate surface area is 239 Å². The minimum absolute atomic E-state index is 0.0627. The summed E-state index contributed by atoms with van der Waals surface area (Å²) in [6.07, 6.45) is 5.48. The van der Waals surface area contributed by atoms with Crippen molar-refractivity contribution in [2.75, 3.05) is 14.2 Å². The van der Waals surface area contributed by atoms with Crippen molar-refractivity contribution >= 4 is 27.7 Å². The van der Waals surface area contributed by atoms with Gasteiger partial charge in [-0.1, -0.05) is 77.3 Å². The third-order valence-electron chi connectivity index (χ3n) is 7.29. The zero-order valence-electron chi connectivity index (χ0n) is 22.7. The summed E-state index contributed by atoms with van der Waals surface area (Å²) < 4.78 is 11.7. The van der Waals surface area contributed by atoms with Crippen LogP contribution in [0.4, 0.5) is 0 Å². The molecule has 206 valence electrons. The van der Waals surface area contributed by atoms with Gasteiger partial charge in [-0.2, -0.15) is 0 Å². The van der Waals surface area contributed by atoms with Gasteiger partial charge in [0.05, 0.1) is 14.2 Å². The Morgan fingerprint density at radius 1 is 0.897 bits per heavy atom. The van der Waals surface area contributed by atoms with E-state index in [9.17, 15) is 9.59 Å². The van der Waals surface area contributed by atoms with E-state index in [-0.39, 0.29) is 24.3 Å². The van der Waals surface area contributed by atoms with Gasteiger partial charge in [-0.15, -0.1) is 0 Å². The Hall–Kier alpha value is -3.32. The van der Waals surface area contributed by atoms with Crippen LogP contribution in [0.2, 0.25) is 0 Å². The molecule has 0 saturated heterocycles. The van der Waals surface area contributed by atoms with E-state index in [0.717, 1.165) is 46.8 Å². The summed E-state index contributed by atoms with van der Waals surface area (Å²) in [6, 6.07) is 23.1. The number of halogens is 1. The molecular weight excluding hydrogens is 556 g/mol. The Balaban J connectivity index is 1.61. The van der Waals surface area contributed by atoms with Crippen molar-refractivity contribution in [2.24, 2.45) is 0 Å². The number of methoxy groups -OCH3 is 2. The molecule has 7 heteroatoms. The van der Waals surface area contributed by atoms with E-state index in [2.05, 4.69) is 21.2 Å². The highest BCUT2D eigenvalue weighted by Gasteiger charge is 2.32. The number of benzene rings is 3. The summed E-state index contributed by atoms with van der Waals surface area (Å²) >= 11 is 3.55. The summed E-state index contributed by atoms with van der Waals surface area (Å²) in [6.45, 7) is 0.347. The first-order chi connectivity index (χ1) is 19.0.